The zero-order valence-electron chi connectivity index (χ0n) is 30.5. The molecule has 8 aliphatic rings. The molecule has 1 spiro atoms. The zero-order chi connectivity index (χ0) is 37.2. The van der Waals surface area contributed by atoms with E-state index >= 15 is 0 Å². The number of allylic oxidation sites excluding steroid dienone is 1. The van der Waals surface area contributed by atoms with E-state index in [0.717, 1.165) is 58.5 Å². The quantitative estimate of drug-likeness (QED) is 0.217. The second-order valence-corrected chi connectivity index (χ2v) is 16.4. The lowest BCUT2D eigenvalue weighted by Crippen LogP contribution is -2.69. The van der Waals surface area contributed by atoms with Crippen LogP contribution in [0.4, 0.5) is 0 Å². The number of H-pyrrole nitrogens is 1. The van der Waals surface area contributed by atoms with Gasteiger partial charge in [-0.1, -0.05) is 18.2 Å². The number of benzene rings is 2. The van der Waals surface area contributed by atoms with Crippen molar-refractivity contribution < 1.29 is 38.4 Å². The van der Waals surface area contributed by atoms with Crippen LogP contribution in [0.25, 0.3) is 6.08 Å². The number of thioether (sulfide) groups is 1. The monoisotopic (exact) mass is 751 g/mol. The number of nitrogens with zero attached hydrogens (tertiary/aromatic N) is 2. The van der Waals surface area contributed by atoms with Crippen molar-refractivity contribution in [2.24, 2.45) is 0 Å². The maximum absolute atomic E-state index is 14.8. The number of nitriles is 1. The van der Waals surface area contributed by atoms with Crippen LogP contribution in [0.5, 0.6) is 28.7 Å². The van der Waals surface area contributed by atoms with Gasteiger partial charge in [0.1, 0.15) is 18.4 Å². The lowest BCUT2D eigenvalue weighted by atomic mass is 9.72. The summed E-state index contributed by atoms with van der Waals surface area (Å²) in [5, 5.41) is 29.9. The Bertz CT molecular complexity index is 2250. The number of hydrogen-bond donors (Lipinski definition) is 4. The molecule has 0 saturated carbocycles. The summed E-state index contributed by atoms with van der Waals surface area (Å²) >= 11 is 1.56. The van der Waals surface area contributed by atoms with Crippen LogP contribution in [0.15, 0.2) is 12.1 Å². The van der Waals surface area contributed by atoms with Crippen LogP contribution in [0, 0.1) is 25.2 Å². The molecule has 4 bridgehead atoms. The minimum atomic E-state index is -1.20. The van der Waals surface area contributed by atoms with Gasteiger partial charge in [0.05, 0.1) is 36.2 Å². The Balaban J connectivity index is 1.23. The van der Waals surface area contributed by atoms with E-state index < -0.39 is 46.9 Å². The van der Waals surface area contributed by atoms with E-state index in [1.54, 1.807) is 18.9 Å². The molecule has 0 radical (unpaired) electrons. The van der Waals surface area contributed by atoms with E-state index in [9.17, 15) is 20.0 Å². The Morgan fingerprint density at radius 1 is 1.15 bits per heavy atom. The van der Waals surface area contributed by atoms with Crippen LogP contribution in [0.1, 0.15) is 86.6 Å². The van der Waals surface area contributed by atoms with E-state index in [2.05, 4.69) is 44.8 Å². The first-order valence-electron chi connectivity index (χ1n) is 18.6. The van der Waals surface area contributed by atoms with Gasteiger partial charge >= 0.3 is 11.9 Å². The van der Waals surface area contributed by atoms with Gasteiger partial charge in [0.25, 0.3) is 0 Å². The summed E-state index contributed by atoms with van der Waals surface area (Å²) in [5.74, 6) is 1.19. The summed E-state index contributed by atoms with van der Waals surface area (Å²) in [6, 6.07) is 2.05. The molecule has 14 heteroatoms. The lowest BCUT2D eigenvalue weighted by Gasteiger charge is -2.59. The van der Waals surface area contributed by atoms with Gasteiger partial charge < -0.3 is 39.1 Å². The zero-order valence-corrected chi connectivity index (χ0v) is 31.3. The van der Waals surface area contributed by atoms with Crippen molar-refractivity contribution in [1.82, 2.24) is 20.5 Å². The minimum Gasteiger partial charge on any atom is -0.504 e. The molecule has 3 aromatic rings. The first kappa shape index (κ1) is 33.9. The second-order valence-electron chi connectivity index (χ2n) is 15.3. The van der Waals surface area contributed by atoms with Crippen molar-refractivity contribution in [1.29, 1.82) is 5.26 Å². The van der Waals surface area contributed by atoms with Gasteiger partial charge in [-0.3, -0.25) is 15.0 Å². The Hall–Kier alpha value is -4.68. The number of ether oxygens (including phenoxy) is 5. The second kappa shape index (κ2) is 12.2. The average Bonchev–Trinajstić information content (AvgIpc) is 3.80. The topological polar surface area (TPSA) is 167 Å². The first-order chi connectivity index (χ1) is 26.2. The third kappa shape index (κ3) is 4.49. The molecule has 4 N–H and O–H groups in total. The molecule has 11 rings (SSSR count). The predicted octanol–water partition coefficient (Wildman–Crippen LogP) is 4.22. The number of aryl methyl sites for hydroxylation is 2. The summed E-state index contributed by atoms with van der Waals surface area (Å²) in [5.41, 5.74) is 7.56. The van der Waals surface area contributed by atoms with E-state index in [4.69, 9.17) is 23.7 Å². The molecule has 2 saturated heterocycles. The third-order valence-corrected chi connectivity index (χ3v) is 14.0. The largest absolute Gasteiger partial charge is 0.504 e. The molecule has 3 unspecified atom stereocenters. The molecule has 8 heterocycles. The molecule has 7 aliphatic heterocycles. The molecular formula is C40H41N5O8S. The van der Waals surface area contributed by atoms with E-state index in [1.807, 2.05) is 13.8 Å². The van der Waals surface area contributed by atoms with Crippen LogP contribution in [0.3, 0.4) is 0 Å². The Morgan fingerprint density at radius 3 is 2.78 bits per heavy atom. The number of aromatic amines is 1. The number of aromatic nitrogens is 1. The average molecular weight is 752 g/mol. The van der Waals surface area contributed by atoms with Crippen molar-refractivity contribution in [2.75, 3.05) is 32.8 Å². The number of hydrogen-bond acceptors (Lipinski definition) is 13. The smallest absolute Gasteiger partial charge is 0.333 e. The van der Waals surface area contributed by atoms with Crippen LogP contribution < -0.4 is 29.6 Å². The highest BCUT2D eigenvalue weighted by Crippen LogP contribution is 2.63. The fourth-order valence-corrected chi connectivity index (χ4v) is 12.1. The molecule has 0 amide bonds. The summed E-state index contributed by atoms with van der Waals surface area (Å²) in [6.45, 7) is 5.59. The predicted molar refractivity (Wildman–Crippen MR) is 197 cm³/mol. The lowest BCUT2D eigenvalue weighted by molar-refractivity contribution is -0.155. The van der Waals surface area contributed by atoms with E-state index in [1.165, 1.54) is 6.92 Å². The van der Waals surface area contributed by atoms with Gasteiger partial charge in [0, 0.05) is 59.3 Å². The number of methoxy groups -OCH3 is 1. The van der Waals surface area contributed by atoms with Crippen molar-refractivity contribution >= 4 is 29.8 Å². The number of aromatic hydroxyl groups is 1. The Labute approximate surface area is 316 Å². The number of nitrogens with one attached hydrogen (secondary N) is 3. The van der Waals surface area contributed by atoms with Gasteiger partial charge in [-0.2, -0.15) is 5.26 Å². The fraction of sp³-hybridized carbons (Fsp3) is 0.475. The van der Waals surface area contributed by atoms with Crippen LogP contribution in [-0.2, 0) is 39.1 Å². The molecule has 7 atom stereocenters. The van der Waals surface area contributed by atoms with Crippen molar-refractivity contribution in [2.45, 2.75) is 87.5 Å². The Kier molecular flexibility index (Phi) is 7.63. The summed E-state index contributed by atoms with van der Waals surface area (Å²) in [7, 11) is 1.55. The number of piperazine rings is 1. The van der Waals surface area contributed by atoms with Gasteiger partial charge in [-0.15, -0.1) is 11.8 Å². The van der Waals surface area contributed by atoms with Gasteiger partial charge in [0.15, 0.2) is 28.5 Å². The number of carbonyl (C=O) groups excluding carboxylic acids is 2. The van der Waals surface area contributed by atoms with Crippen molar-refractivity contribution in [3.05, 3.63) is 68.0 Å². The SMILES string of the molecule is COc1c(C)cc2c(c1O)C1NC(C2)[C@H](C#N)N2C1[C@@H]1SC[C@]3(NCCc4c3[nH]c3c4C=CCC3)C(=O)OC[C@H]2c2c3c(c(C)c(OC(C)=O)c21)OCO3. The standard InChI is InChI=1S/C40H41N5O8S/c1-17-11-20-12-24-25(13-41)45-26-14-50-39(48)40(38-22(9-10-42-40)21-7-5-6-8-23(21)44-38)15-54-37(31(45)30(43-24)27(20)32(47)33(17)49-4)29-28(26)36-35(51-16-52-36)18(2)34(29)53-19(3)46/h5,7,11,24-26,30-31,37,42-44,47H,6,8-10,12,14-16H2,1-4H3/t24?,25-,26-,30?,31?,37+,40+/m0/s1. The molecule has 2 fully saturated rings. The minimum absolute atomic E-state index is 0.0312. The normalized spacial score (nSPS) is 29.9. The van der Waals surface area contributed by atoms with Crippen LogP contribution >= 0.6 is 11.8 Å². The molecule has 54 heavy (non-hydrogen) atoms. The van der Waals surface area contributed by atoms with Gasteiger partial charge in [0.2, 0.25) is 6.79 Å². The summed E-state index contributed by atoms with van der Waals surface area (Å²) in [4.78, 5) is 33.5. The highest BCUT2D eigenvalue weighted by molar-refractivity contribution is 7.99. The van der Waals surface area contributed by atoms with E-state index in [-0.39, 0.29) is 30.9 Å². The number of esters is 2. The van der Waals surface area contributed by atoms with Crippen molar-refractivity contribution in [3.63, 3.8) is 0 Å². The molecule has 2 aromatic carbocycles. The molecule has 1 aliphatic carbocycles. The van der Waals surface area contributed by atoms with E-state index in [0.29, 0.717) is 52.7 Å². The van der Waals surface area contributed by atoms with Crippen LogP contribution in [0.2, 0.25) is 0 Å². The first-order valence-corrected chi connectivity index (χ1v) is 19.6. The highest BCUT2D eigenvalue weighted by atomic mass is 32.2. The van der Waals surface area contributed by atoms with Crippen molar-refractivity contribution in [3.8, 4) is 34.8 Å². The molecule has 1 aromatic heterocycles. The molecule has 13 nitrogen and oxygen atoms in total. The number of fused-ring (bicyclic) bond motifs is 11. The van der Waals surface area contributed by atoms with Gasteiger partial charge in [-0.25, -0.2) is 4.79 Å². The van der Waals surface area contributed by atoms with Crippen LogP contribution in [-0.4, -0.2) is 77.9 Å². The number of phenols is 1. The number of rotatable bonds is 2. The highest BCUT2D eigenvalue weighted by Gasteiger charge is 2.60. The maximum Gasteiger partial charge on any atom is 0.333 e. The number of phenolic OH excluding ortho intramolecular Hbond substituents is 1. The Morgan fingerprint density at radius 2 is 1.98 bits per heavy atom. The maximum atomic E-state index is 14.8. The van der Waals surface area contributed by atoms with Gasteiger partial charge in [-0.05, 0) is 61.8 Å². The molecule has 280 valence electrons. The third-order valence-electron chi connectivity index (χ3n) is 12.5. The fourth-order valence-electron chi connectivity index (χ4n) is 10.4. The summed E-state index contributed by atoms with van der Waals surface area (Å²) < 4.78 is 30.6. The summed E-state index contributed by atoms with van der Waals surface area (Å²) in [6.07, 6.45) is 7.39. The molecular weight excluding hydrogens is 711 g/mol. The number of carbonyl (C=O) groups is 2.